The Labute approximate surface area is 184 Å². The molecule has 8 heteroatoms. The molecule has 1 aromatic heterocycles. The Hall–Kier alpha value is -3.21. The van der Waals surface area contributed by atoms with E-state index in [1.165, 1.54) is 24.3 Å². The van der Waals surface area contributed by atoms with E-state index in [1.807, 2.05) is 6.07 Å². The Morgan fingerprint density at radius 2 is 1.88 bits per heavy atom. The third-order valence-corrected chi connectivity index (χ3v) is 5.89. The molecule has 1 aliphatic rings. The van der Waals surface area contributed by atoms with E-state index >= 15 is 0 Å². The SMILES string of the molecule is C[C@@H]1C[C@H](n2c(Nc3ccc(OC(F)(F)F)cc3)nc3cc(C#N)ccc32)CC(C)(C)C1. The summed E-state index contributed by atoms with van der Waals surface area (Å²) in [6.45, 7) is 6.80. The molecule has 0 radical (unpaired) electrons. The van der Waals surface area contributed by atoms with Gasteiger partial charge in [0, 0.05) is 11.7 Å². The van der Waals surface area contributed by atoms with Gasteiger partial charge in [0.15, 0.2) is 0 Å². The fourth-order valence-electron chi connectivity index (χ4n) is 4.99. The van der Waals surface area contributed by atoms with E-state index in [0.717, 1.165) is 24.8 Å². The maximum absolute atomic E-state index is 12.4. The summed E-state index contributed by atoms with van der Waals surface area (Å²) in [7, 11) is 0. The molecule has 0 aliphatic heterocycles. The Bertz CT molecular complexity index is 1160. The van der Waals surface area contributed by atoms with Crippen LogP contribution in [0.1, 0.15) is 51.6 Å². The van der Waals surface area contributed by atoms with Gasteiger partial charge in [-0.3, -0.25) is 0 Å². The molecule has 3 aromatic rings. The average molecular weight is 442 g/mol. The van der Waals surface area contributed by atoms with Crippen LogP contribution in [0.4, 0.5) is 24.8 Å². The molecule has 1 aliphatic carbocycles. The number of halogens is 3. The summed E-state index contributed by atoms with van der Waals surface area (Å²) < 4.78 is 43.5. The highest BCUT2D eigenvalue weighted by atomic mass is 19.4. The maximum Gasteiger partial charge on any atom is 0.573 e. The second kappa shape index (κ2) is 8.05. The molecule has 1 N–H and O–H groups in total. The predicted octanol–water partition coefficient (Wildman–Crippen LogP) is 6.94. The zero-order valence-corrected chi connectivity index (χ0v) is 18.2. The van der Waals surface area contributed by atoms with Crippen LogP contribution in [0.2, 0.25) is 0 Å². The van der Waals surface area contributed by atoms with Crippen LogP contribution in [0.25, 0.3) is 11.0 Å². The van der Waals surface area contributed by atoms with Gasteiger partial charge in [-0.2, -0.15) is 5.26 Å². The largest absolute Gasteiger partial charge is 0.573 e. The Morgan fingerprint density at radius 1 is 1.16 bits per heavy atom. The van der Waals surface area contributed by atoms with Gasteiger partial charge < -0.3 is 14.6 Å². The van der Waals surface area contributed by atoms with Crippen molar-refractivity contribution in [2.75, 3.05) is 5.32 Å². The quantitative estimate of drug-likeness (QED) is 0.475. The number of aromatic nitrogens is 2. The number of fused-ring (bicyclic) bond motifs is 1. The van der Waals surface area contributed by atoms with Crippen molar-refractivity contribution in [3.63, 3.8) is 0 Å². The van der Waals surface area contributed by atoms with Crippen molar-refractivity contribution in [3.05, 3.63) is 48.0 Å². The number of nitrogens with one attached hydrogen (secondary N) is 1. The Morgan fingerprint density at radius 3 is 2.50 bits per heavy atom. The molecule has 1 saturated carbocycles. The maximum atomic E-state index is 12.4. The van der Waals surface area contributed by atoms with Crippen LogP contribution in [0, 0.1) is 22.7 Å². The zero-order chi connectivity index (χ0) is 23.1. The van der Waals surface area contributed by atoms with Crippen molar-refractivity contribution in [2.24, 2.45) is 11.3 Å². The number of rotatable bonds is 4. The van der Waals surface area contributed by atoms with Crippen LogP contribution < -0.4 is 10.1 Å². The van der Waals surface area contributed by atoms with Gasteiger partial charge in [-0.05, 0) is 73.1 Å². The van der Waals surface area contributed by atoms with Crippen molar-refractivity contribution in [1.29, 1.82) is 5.26 Å². The molecule has 32 heavy (non-hydrogen) atoms. The highest BCUT2D eigenvalue weighted by Gasteiger charge is 2.35. The van der Waals surface area contributed by atoms with E-state index in [-0.39, 0.29) is 17.2 Å². The standard InChI is InChI=1S/C24H25F3N4O/c1-15-10-18(13-23(2,3)12-15)31-21-9-4-16(14-28)11-20(21)30-22(31)29-17-5-7-19(8-6-17)32-24(25,26)27/h4-9,11,15,18H,10,12-13H2,1-3H3,(H,29,30)/t15-,18+/m1/s1. The number of alkyl halides is 3. The van der Waals surface area contributed by atoms with E-state index in [2.05, 4.69) is 41.5 Å². The number of benzene rings is 2. The number of anilines is 2. The highest BCUT2D eigenvalue weighted by Crippen LogP contribution is 2.46. The molecule has 2 aromatic carbocycles. The lowest BCUT2D eigenvalue weighted by atomic mass is 9.70. The van der Waals surface area contributed by atoms with Crippen molar-refractivity contribution in [1.82, 2.24) is 9.55 Å². The molecule has 0 unspecified atom stereocenters. The molecule has 0 saturated heterocycles. The Kier molecular flexibility index (Phi) is 5.53. The molecule has 4 rings (SSSR count). The van der Waals surface area contributed by atoms with E-state index in [9.17, 15) is 18.4 Å². The minimum atomic E-state index is -4.73. The number of nitrogens with zero attached hydrogens (tertiary/aromatic N) is 3. The van der Waals surface area contributed by atoms with Crippen LogP contribution in [0.3, 0.4) is 0 Å². The first-order valence-electron chi connectivity index (χ1n) is 10.6. The van der Waals surface area contributed by atoms with E-state index in [1.54, 1.807) is 12.1 Å². The van der Waals surface area contributed by atoms with Gasteiger partial charge in [-0.1, -0.05) is 20.8 Å². The van der Waals surface area contributed by atoms with E-state index in [0.29, 0.717) is 28.6 Å². The fourth-order valence-corrected chi connectivity index (χ4v) is 4.99. The summed E-state index contributed by atoms with van der Waals surface area (Å²) in [5.41, 5.74) is 2.94. The molecule has 2 atom stereocenters. The summed E-state index contributed by atoms with van der Waals surface area (Å²) in [5, 5.41) is 12.5. The molecule has 1 fully saturated rings. The Balaban J connectivity index is 1.72. The van der Waals surface area contributed by atoms with Gasteiger partial charge in [0.1, 0.15) is 5.75 Å². The third kappa shape index (κ3) is 4.82. The van der Waals surface area contributed by atoms with Gasteiger partial charge in [0.2, 0.25) is 5.95 Å². The van der Waals surface area contributed by atoms with Crippen LogP contribution in [-0.4, -0.2) is 15.9 Å². The molecular weight excluding hydrogens is 417 g/mol. The normalized spacial score (nSPS) is 20.7. The number of imidazole rings is 1. The molecule has 0 spiro atoms. The van der Waals surface area contributed by atoms with Crippen LogP contribution in [0.15, 0.2) is 42.5 Å². The number of ether oxygens (including phenoxy) is 1. The summed E-state index contributed by atoms with van der Waals surface area (Å²) in [6.07, 6.45) is -1.60. The topological polar surface area (TPSA) is 62.9 Å². The summed E-state index contributed by atoms with van der Waals surface area (Å²) in [4.78, 5) is 4.74. The molecule has 168 valence electrons. The molecule has 0 bridgehead atoms. The van der Waals surface area contributed by atoms with E-state index in [4.69, 9.17) is 4.98 Å². The number of hydrogen-bond acceptors (Lipinski definition) is 4. The zero-order valence-electron chi connectivity index (χ0n) is 18.2. The smallest absolute Gasteiger partial charge is 0.406 e. The van der Waals surface area contributed by atoms with Gasteiger partial charge in [0.05, 0.1) is 22.7 Å². The number of nitriles is 1. The lowest BCUT2D eigenvalue weighted by Gasteiger charge is -2.40. The van der Waals surface area contributed by atoms with Crippen LogP contribution in [0.5, 0.6) is 5.75 Å². The molecule has 0 amide bonds. The first-order valence-corrected chi connectivity index (χ1v) is 10.6. The van der Waals surface area contributed by atoms with Crippen molar-refractivity contribution in [3.8, 4) is 11.8 Å². The molecule has 5 nitrogen and oxygen atoms in total. The molecular formula is C24H25F3N4O. The van der Waals surface area contributed by atoms with Crippen LogP contribution >= 0.6 is 0 Å². The average Bonchev–Trinajstić information content (AvgIpc) is 3.03. The number of hydrogen-bond donors (Lipinski definition) is 1. The second-order valence-electron chi connectivity index (χ2n) is 9.39. The van der Waals surface area contributed by atoms with Gasteiger partial charge >= 0.3 is 6.36 Å². The first-order chi connectivity index (χ1) is 15.0. The van der Waals surface area contributed by atoms with Crippen molar-refractivity contribution in [2.45, 2.75) is 52.4 Å². The van der Waals surface area contributed by atoms with Crippen LogP contribution in [-0.2, 0) is 0 Å². The monoisotopic (exact) mass is 442 g/mol. The van der Waals surface area contributed by atoms with Crippen molar-refractivity contribution < 1.29 is 17.9 Å². The highest BCUT2D eigenvalue weighted by molar-refractivity contribution is 5.81. The lowest BCUT2D eigenvalue weighted by molar-refractivity contribution is -0.274. The minimum Gasteiger partial charge on any atom is -0.406 e. The van der Waals surface area contributed by atoms with E-state index < -0.39 is 6.36 Å². The minimum absolute atomic E-state index is 0.180. The van der Waals surface area contributed by atoms with Crippen molar-refractivity contribution >= 4 is 22.7 Å². The lowest BCUT2D eigenvalue weighted by Crippen LogP contribution is -2.29. The summed E-state index contributed by atoms with van der Waals surface area (Å²) >= 11 is 0. The third-order valence-electron chi connectivity index (χ3n) is 5.89. The summed E-state index contributed by atoms with van der Waals surface area (Å²) in [5.74, 6) is 0.874. The fraction of sp³-hybridized carbons (Fsp3) is 0.417. The summed E-state index contributed by atoms with van der Waals surface area (Å²) in [6, 6.07) is 13.4. The molecule has 1 heterocycles. The van der Waals surface area contributed by atoms with Gasteiger partial charge in [0.25, 0.3) is 0 Å². The first kappa shape index (κ1) is 22.0. The second-order valence-corrected chi connectivity index (χ2v) is 9.39. The van der Waals surface area contributed by atoms with Gasteiger partial charge in [-0.25, -0.2) is 4.98 Å². The van der Waals surface area contributed by atoms with Gasteiger partial charge in [-0.15, -0.1) is 13.2 Å². The predicted molar refractivity (Wildman–Crippen MR) is 117 cm³/mol.